The predicted molar refractivity (Wildman–Crippen MR) is 49.8 cm³/mol. The van der Waals surface area contributed by atoms with Crippen LogP contribution in [0.3, 0.4) is 0 Å². The van der Waals surface area contributed by atoms with E-state index in [0.717, 1.165) is 13.2 Å². The van der Waals surface area contributed by atoms with Crippen molar-refractivity contribution in [3.8, 4) is 5.75 Å². The van der Waals surface area contributed by atoms with Gasteiger partial charge in [0.2, 0.25) is 0 Å². The summed E-state index contributed by atoms with van der Waals surface area (Å²) in [5.74, 6) is -1.76. The Kier molecular flexibility index (Phi) is 3.45. The zero-order chi connectivity index (χ0) is 13.2. The molecule has 0 aromatic carbocycles. The molecule has 1 rings (SSSR count). The van der Waals surface area contributed by atoms with E-state index in [1.54, 1.807) is 0 Å². The minimum Gasteiger partial charge on any atom is -0.464 e. The zero-order valence-electron chi connectivity index (χ0n) is 8.84. The molecule has 0 fully saturated rings. The van der Waals surface area contributed by atoms with Gasteiger partial charge in [-0.1, -0.05) is 0 Å². The van der Waals surface area contributed by atoms with Gasteiger partial charge in [-0.2, -0.15) is 0 Å². The van der Waals surface area contributed by atoms with Crippen LogP contribution in [-0.2, 0) is 4.74 Å². The van der Waals surface area contributed by atoms with Crippen LogP contribution in [0, 0.1) is 6.92 Å². The van der Waals surface area contributed by atoms with Crippen molar-refractivity contribution in [1.29, 1.82) is 0 Å². The molecule has 0 aliphatic heterocycles. The summed E-state index contributed by atoms with van der Waals surface area (Å²) in [4.78, 5) is 24.3. The van der Waals surface area contributed by atoms with Gasteiger partial charge in [-0.05, 0) is 18.6 Å². The summed E-state index contributed by atoms with van der Waals surface area (Å²) in [5, 5.41) is 0. The summed E-state index contributed by atoms with van der Waals surface area (Å²) in [5.41, 5.74) is -1.52. The molecule has 1 aromatic rings. The van der Waals surface area contributed by atoms with Crippen molar-refractivity contribution < 1.29 is 27.4 Å². The van der Waals surface area contributed by atoms with E-state index >= 15 is 0 Å². The maximum absolute atomic E-state index is 12.0. The van der Waals surface area contributed by atoms with E-state index in [1.807, 2.05) is 4.98 Å². The number of rotatable bonds is 2. The zero-order valence-corrected chi connectivity index (χ0v) is 8.84. The van der Waals surface area contributed by atoms with Gasteiger partial charge in [0, 0.05) is 0 Å². The smallest absolute Gasteiger partial charge is 0.464 e. The fraction of sp³-hybridized carbons (Fsp3) is 0.333. The van der Waals surface area contributed by atoms with Gasteiger partial charge in [0.25, 0.3) is 5.56 Å². The number of esters is 1. The van der Waals surface area contributed by atoms with Gasteiger partial charge in [0.1, 0.15) is 5.69 Å². The van der Waals surface area contributed by atoms with Gasteiger partial charge < -0.3 is 14.5 Å². The molecule has 0 atom stereocenters. The van der Waals surface area contributed by atoms with Crippen molar-refractivity contribution in [3.63, 3.8) is 0 Å². The van der Waals surface area contributed by atoms with Gasteiger partial charge in [-0.3, -0.25) is 4.79 Å². The van der Waals surface area contributed by atoms with Crippen LogP contribution in [-0.4, -0.2) is 24.4 Å². The first-order valence-electron chi connectivity index (χ1n) is 4.32. The molecule has 17 heavy (non-hydrogen) atoms. The molecule has 94 valence electrons. The van der Waals surface area contributed by atoms with Crippen molar-refractivity contribution in [2.75, 3.05) is 7.11 Å². The Morgan fingerprint density at radius 2 is 2.00 bits per heavy atom. The van der Waals surface area contributed by atoms with Crippen LogP contribution in [0.5, 0.6) is 5.75 Å². The fourth-order valence-corrected chi connectivity index (χ4v) is 1.14. The topological polar surface area (TPSA) is 68.4 Å². The Hall–Kier alpha value is -1.99. The van der Waals surface area contributed by atoms with E-state index in [1.165, 1.54) is 6.92 Å². The molecule has 0 aliphatic rings. The average Bonchev–Trinajstić information content (AvgIpc) is 2.20. The monoisotopic (exact) mass is 251 g/mol. The summed E-state index contributed by atoms with van der Waals surface area (Å²) in [6.07, 6.45) is -4.97. The van der Waals surface area contributed by atoms with Crippen molar-refractivity contribution in [2.45, 2.75) is 13.3 Å². The van der Waals surface area contributed by atoms with Crippen molar-refractivity contribution in [3.05, 3.63) is 27.7 Å². The Morgan fingerprint density at radius 1 is 1.41 bits per heavy atom. The number of methoxy groups -OCH3 is 1. The van der Waals surface area contributed by atoms with Crippen molar-refractivity contribution >= 4 is 5.97 Å². The molecule has 5 nitrogen and oxygen atoms in total. The van der Waals surface area contributed by atoms with Crippen molar-refractivity contribution in [2.24, 2.45) is 0 Å². The molecule has 1 aromatic heterocycles. The summed E-state index contributed by atoms with van der Waals surface area (Å²) >= 11 is 0. The van der Waals surface area contributed by atoms with Crippen LogP contribution in [0.25, 0.3) is 0 Å². The van der Waals surface area contributed by atoms with Gasteiger partial charge in [-0.15, -0.1) is 13.2 Å². The van der Waals surface area contributed by atoms with Gasteiger partial charge in [-0.25, -0.2) is 4.79 Å². The number of carbonyl (C=O) groups excluding carboxylic acids is 1. The number of H-pyrrole nitrogens is 1. The first-order chi connectivity index (χ1) is 7.74. The third-order valence-corrected chi connectivity index (χ3v) is 1.80. The Balaban J connectivity index is 3.20. The summed E-state index contributed by atoms with van der Waals surface area (Å²) in [6.45, 7) is 1.21. The number of carbonyl (C=O) groups is 1. The minimum absolute atomic E-state index is 0.119. The van der Waals surface area contributed by atoms with E-state index in [2.05, 4.69) is 9.47 Å². The molecule has 0 radical (unpaired) electrons. The molecule has 0 spiro atoms. The van der Waals surface area contributed by atoms with Gasteiger partial charge in [0.05, 0.1) is 7.11 Å². The fourth-order valence-electron chi connectivity index (χ4n) is 1.14. The highest BCUT2D eigenvalue weighted by molar-refractivity contribution is 5.87. The molecule has 0 aliphatic carbocycles. The first-order valence-corrected chi connectivity index (χ1v) is 4.32. The number of hydrogen-bond acceptors (Lipinski definition) is 4. The second kappa shape index (κ2) is 4.48. The number of aromatic amines is 1. The molecule has 0 unspecified atom stereocenters. The predicted octanol–water partition coefficient (Wildman–Crippen LogP) is 1.37. The van der Waals surface area contributed by atoms with E-state index in [4.69, 9.17) is 0 Å². The maximum Gasteiger partial charge on any atom is 0.573 e. The quantitative estimate of drug-likeness (QED) is 0.806. The number of halogens is 3. The number of nitrogens with one attached hydrogen (secondary N) is 1. The number of hydrogen-bond donors (Lipinski definition) is 1. The molecular formula is C9H8F3NO4. The van der Waals surface area contributed by atoms with E-state index < -0.39 is 23.6 Å². The molecule has 0 bridgehead atoms. The molecule has 0 saturated heterocycles. The maximum atomic E-state index is 12.0. The van der Waals surface area contributed by atoms with Crippen LogP contribution >= 0.6 is 0 Å². The normalized spacial score (nSPS) is 11.1. The lowest BCUT2D eigenvalue weighted by molar-refractivity contribution is -0.275. The van der Waals surface area contributed by atoms with Gasteiger partial charge in [0.15, 0.2) is 5.75 Å². The summed E-state index contributed by atoms with van der Waals surface area (Å²) in [7, 11) is 1.08. The Labute approximate surface area is 93.2 Å². The largest absolute Gasteiger partial charge is 0.573 e. The van der Waals surface area contributed by atoms with E-state index in [9.17, 15) is 22.8 Å². The molecule has 8 heteroatoms. The van der Waals surface area contributed by atoms with E-state index in [0.29, 0.717) is 0 Å². The standard InChI is InChI=1S/C9H8F3NO4/c1-4-3-5(8(15)16-2)13-7(14)6(4)17-9(10,11)12/h3H,1-2H3,(H,13,14). The molecule has 1 N–H and O–H groups in total. The summed E-state index contributed by atoms with van der Waals surface area (Å²) < 4.78 is 43.7. The number of pyridine rings is 1. The van der Waals surface area contributed by atoms with E-state index in [-0.39, 0.29) is 11.3 Å². The van der Waals surface area contributed by atoms with Crippen molar-refractivity contribution in [1.82, 2.24) is 4.98 Å². The van der Waals surface area contributed by atoms with Crippen LogP contribution in [0.1, 0.15) is 16.1 Å². The molecule has 0 amide bonds. The number of ether oxygens (including phenoxy) is 2. The molecule has 0 saturated carbocycles. The molecule has 1 heterocycles. The van der Waals surface area contributed by atoms with Crippen LogP contribution in [0.2, 0.25) is 0 Å². The number of alkyl halides is 3. The second-order valence-electron chi connectivity index (χ2n) is 3.06. The summed E-state index contributed by atoms with van der Waals surface area (Å²) in [6, 6.07) is 1.04. The lowest BCUT2D eigenvalue weighted by atomic mass is 10.2. The second-order valence-corrected chi connectivity index (χ2v) is 3.06. The lowest BCUT2D eigenvalue weighted by Gasteiger charge is -2.10. The minimum atomic E-state index is -4.97. The Bertz CT molecular complexity index is 492. The third kappa shape index (κ3) is 3.23. The SMILES string of the molecule is COC(=O)c1cc(C)c(OC(F)(F)F)c(=O)[nH]1. The number of aromatic nitrogens is 1. The highest BCUT2D eigenvalue weighted by Crippen LogP contribution is 2.22. The lowest BCUT2D eigenvalue weighted by Crippen LogP contribution is -2.25. The first kappa shape index (κ1) is 13.1. The average molecular weight is 251 g/mol. The van der Waals surface area contributed by atoms with Crippen LogP contribution < -0.4 is 10.3 Å². The number of aryl methyl sites for hydroxylation is 1. The molecular weight excluding hydrogens is 243 g/mol. The van der Waals surface area contributed by atoms with Gasteiger partial charge >= 0.3 is 12.3 Å². The highest BCUT2D eigenvalue weighted by Gasteiger charge is 2.33. The highest BCUT2D eigenvalue weighted by atomic mass is 19.4. The van der Waals surface area contributed by atoms with Crippen LogP contribution in [0.4, 0.5) is 13.2 Å². The van der Waals surface area contributed by atoms with Crippen LogP contribution in [0.15, 0.2) is 10.9 Å². The third-order valence-electron chi connectivity index (χ3n) is 1.80. The Morgan fingerprint density at radius 3 is 2.41 bits per heavy atom.